The zero-order valence-electron chi connectivity index (χ0n) is 18.8. The minimum Gasteiger partial charge on any atom is -0.312 e. The third-order valence-electron chi connectivity index (χ3n) is 6.14. The lowest BCUT2D eigenvalue weighted by Gasteiger charge is -2.17. The molecule has 1 N–H and O–H groups in total. The highest BCUT2D eigenvalue weighted by molar-refractivity contribution is 6.30. The monoisotopic (exact) mass is 492 g/mol. The molecule has 0 spiro atoms. The standard InChI is InChI=1S/C29H18ClFN4O/c30-21-12-9-19(10-13-21)23-7-4-8-26(35-28-24(16-34-35)29(36)33-17-32-28)27(23)20-11-14-22(25(31)15-20)18-5-2-1-3-6-18/h1-17H,(H,32,33,36). The first kappa shape index (κ1) is 21.9. The minimum absolute atomic E-state index is 0.278. The van der Waals surface area contributed by atoms with Crippen LogP contribution in [0.4, 0.5) is 4.39 Å². The highest BCUT2D eigenvalue weighted by Gasteiger charge is 2.19. The fraction of sp³-hybridized carbons (Fsp3) is 0. The predicted octanol–water partition coefficient (Wildman–Crippen LogP) is 6.90. The van der Waals surface area contributed by atoms with E-state index in [2.05, 4.69) is 15.1 Å². The smallest absolute Gasteiger partial charge is 0.261 e. The Hall–Kier alpha value is -4.55. The maximum absolute atomic E-state index is 15.5. The third-order valence-corrected chi connectivity index (χ3v) is 6.39. The number of H-pyrrole nitrogens is 1. The zero-order valence-corrected chi connectivity index (χ0v) is 19.6. The van der Waals surface area contributed by atoms with E-state index in [0.717, 1.165) is 22.3 Å². The largest absolute Gasteiger partial charge is 0.312 e. The van der Waals surface area contributed by atoms with E-state index in [1.165, 1.54) is 18.6 Å². The lowest BCUT2D eigenvalue weighted by Crippen LogP contribution is -2.07. The van der Waals surface area contributed by atoms with Gasteiger partial charge in [0.15, 0.2) is 5.65 Å². The van der Waals surface area contributed by atoms with Crippen molar-refractivity contribution in [3.05, 3.63) is 125 Å². The van der Waals surface area contributed by atoms with Gasteiger partial charge < -0.3 is 4.98 Å². The van der Waals surface area contributed by atoms with Gasteiger partial charge in [0.1, 0.15) is 11.2 Å². The summed E-state index contributed by atoms with van der Waals surface area (Å²) in [5.41, 5.74) is 5.32. The molecule has 4 aromatic carbocycles. The van der Waals surface area contributed by atoms with Crippen LogP contribution in [0.15, 0.2) is 108 Å². The van der Waals surface area contributed by atoms with Crippen LogP contribution in [-0.2, 0) is 0 Å². The van der Waals surface area contributed by atoms with Crippen LogP contribution >= 0.6 is 11.6 Å². The molecular formula is C29H18ClFN4O. The SMILES string of the molecule is O=c1[nH]cnc2c1cnn2-c1cccc(-c2ccc(Cl)cc2)c1-c1ccc(-c2ccccc2)c(F)c1. The summed E-state index contributed by atoms with van der Waals surface area (Å²) in [5, 5.41) is 5.46. The van der Waals surface area contributed by atoms with Crippen LogP contribution in [0.2, 0.25) is 5.02 Å². The van der Waals surface area contributed by atoms with Crippen molar-refractivity contribution in [2.24, 2.45) is 0 Å². The molecule has 2 aromatic heterocycles. The first-order valence-corrected chi connectivity index (χ1v) is 11.6. The van der Waals surface area contributed by atoms with E-state index in [9.17, 15) is 4.79 Å². The van der Waals surface area contributed by atoms with Crippen molar-refractivity contribution in [2.75, 3.05) is 0 Å². The van der Waals surface area contributed by atoms with E-state index < -0.39 is 0 Å². The number of hydrogen-bond donors (Lipinski definition) is 1. The Kier molecular flexibility index (Phi) is 5.43. The van der Waals surface area contributed by atoms with Gasteiger partial charge >= 0.3 is 0 Å². The van der Waals surface area contributed by atoms with Gasteiger partial charge in [-0.15, -0.1) is 0 Å². The van der Waals surface area contributed by atoms with Crippen molar-refractivity contribution in [1.82, 2.24) is 19.7 Å². The molecule has 0 aliphatic heterocycles. The molecule has 36 heavy (non-hydrogen) atoms. The summed E-state index contributed by atoms with van der Waals surface area (Å²) in [4.78, 5) is 19.2. The highest BCUT2D eigenvalue weighted by Crippen LogP contribution is 2.39. The molecule has 0 aliphatic carbocycles. The van der Waals surface area contributed by atoms with Crippen molar-refractivity contribution in [3.63, 3.8) is 0 Å². The van der Waals surface area contributed by atoms with E-state index >= 15 is 4.39 Å². The number of nitrogens with zero attached hydrogens (tertiary/aromatic N) is 3. The van der Waals surface area contributed by atoms with Gasteiger partial charge in [0.2, 0.25) is 0 Å². The first-order chi connectivity index (χ1) is 17.6. The van der Waals surface area contributed by atoms with Gasteiger partial charge in [0.25, 0.3) is 5.56 Å². The lowest BCUT2D eigenvalue weighted by atomic mass is 9.91. The van der Waals surface area contributed by atoms with Crippen LogP contribution < -0.4 is 5.56 Å². The Balaban J connectivity index is 1.62. The minimum atomic E-state index is -0.338. The van der Waals surface area contributed by atoms with Crippen molar-refractivity contribution in [1.29, 1.82) is 0 Å². The van der Waals surface area contributed by atoms with Gasteiger partial charge in [-0.05, 0) is 46.5 Å². The summed E-state index contributed by atoms with van der Waals surface area (Å²) in [6.45, 7) is 0. The molecule has 5 nitrogen and oxygen atoms in total. The number of benzene rings is 4. The molecular weight excluding hydrogens is 475 g/mol. The second kappa shape index (κ2) is 8.91. The van der Waals surface area contributed by atoms with Crippen LogP contribution in [0.5, 0.6) is 0 Å². The maximum atomic E-state index is 15.5. The van der Waals surface area contributed by atoms with Gasteiger partial charge in [-0.2, -0.15) is 5.10 Å². The average molecular weight is 493 g/mol. The van der Waals surface area contributed by atoms with E-state index in [0.29, 0.717) is 32.9 Å². The van der Waals surface area contributed by atoms with E-state index in [1.54, 1.807) is 10.7 Å². The van der Waals surface area contributed by atoms with E-state index in [4.69, 9.17) is 11.6 Å². The Morgan fingerprint density at radius 2 is 1.56 bits per heavy atom. The molecule has 0 aliphatic rings. The van der Waals surface area contributed by atoms with Crippen molar-refractivity contribution < 1.29 is 4.39 Å². The summed E-state index contributed by atoms with van der Waals surface area (Å²) in [6, 6.07) is 27.9. The summed E-state index contributed by atoms with van der Waals surface area (Å²) in [5.74, 6) is -0.338. The number of aromatic nitrogens is 4. The highest BCUT2D eigenvalue weighted by atomic mass is 35.5. The Bertz CT molecular complexity index is 1780. The quantitative estimate of drug-likeness (QED) is 0.291. The Morgan fingerprint density at radius 1 is 0.806 bits per heavy atom. The Labute approximate surface area is 210 Å². The van der Waals surface area contributed by atoms with Crippen LogP contribution in [0.3, 0.4) is 0 Å². The van der Waals surface area contributed by atoms with Crippen LogP contribution in [0.1, 0.15) is 0 Å². The zero-order chi connectivity index (χ0) is 24.6. The first-order valence-electron chi connectivity index (χ1n) is 11.3. The molecule has 0 fully saturated rings. The normalized spacial score (nSPS) is 11.2. The van der Waals surface area contributed by atoms with Crippen LogP contribution in [0.25, 0.3) is 50.1 Å². The van der Waals surface area contributed by atoms with Crippen LogP contribution in [-0.4, -0.2) is 19.7 Å². The molecule has 0 saturated heterocycles. The number of fused-ring (bicyclic) bond motifs is 1. The van der Waals surface area contributed by atoms with E-state index in [-0.39, 0.29) is 11.4 Å². The topological polar surface area (TPSA) is 63.6 Å². The number of halogens is 2. The van der Waals surface area contributed by atoms with Gasteiger partial charge in [0.05, 0.1) is 18.2 Å². The molecule has 6 rings (SSSR count). The molecule has 0 saturated carbocycles. The van der Waals surface area contributed by atoms with Crippen molar-refractivity contribution in [3.8, 4) is 39.1 Å². The summed E-state index contributed by atoms with van der Waals surface area (Å²) in [7, 11) is 0. The maximum Gasteiger partial charge on any atom is 0.261 e. The summed E-state index contributed by atoms with van der Waals surface area (Å²) < 4.78 is 17.1. The molecule has 2 heterocycles. The van der Waals surface area contributed by atoms with Gasteiger partial charge in [-0.3, -0.25) is 4.79 Å². The van der Waals surface area contributed by atoms with Crippen molar-refractivity contribution in [2.45, 2.75) is 0 Å². The fourth-order valence-corrected chi connectivity index (χ4v) is 4.57. The molecule has 0 bridgehead atoms. The number of hydrogen-bond acceptors (Lipinski definition) is 3. The number of rotatable bonds is 4. The van der Waals surface area contributed by atoms with Gasteiger partial charge in [-0.1, -0.05) is 78.3 Å². The second-order valence-corrected chi connectivity index (χ2v) is 8.73. The van der Waals surface area contributed by atoms with E-state index in [1.807, 2.05) is 78.9 Å². The third kappa shape index (κ3) is 3.78. The molecule has 174 valence electrons. The summed E-state index contributed by atoms with van der Waals surface area (Å²) in [6.07, 6.45) is 2.83. The molecule has 6 aromatic rings. The lowest BCUT2D eigenvalue weighted by molar-refractivity contribution is 0.632. The van der Waals surface area contributed by atoms with Gasteiger partial charge in [0, 0.05) is 16.1 Å². The van der Waals surface area contributed by atoms with Crippen molar-refractivity contribution >= 4 is 22.6 Å². The molecule has 0 amide bonds. The molecule has 0 atom stereocenters. The average Bonchev–Trinajstić information content (AvgIpc) is 3.35. The molecule has 7 heteroatoms. The fourth-order valence-electron chi connectivity index (χ4n) is 4.44. The second-order valence-electron chi connectivity index (χ2n) is 8.29. The van der Waals surface area contributed by atoms with Crippen LogP contribution in [0, 0.1) is 5.82 Å². The molecule has 0 unspecified atom stereocenters. The Morgan fingerprint density at radius 3 is 2.33 bits per heavy atom. The predicted molar refractivity (Wildman–Crippen MR) is 141 cm³/mol. The number of nitrogens with one attached hydrogen (secondary N) is 1. The molecule has 0 radical (unpaired) electrons. The summed E-state index contributed by atoms with van der Waals surface area (Å²) >= 11 is 6.14. The van der Waals surface area contributed by atoms with Gasteiger partial charge in [-0.25, -0.2) is 14.1 Å². The number of aromatic amines is 1.